The first-order valence-electron chi connectivity index (χ1n) is 9.85. The highest BCUT2D eigenvalue weighted by molar-refractivity contribution is 6.31. The van der Waals surface area contributed by atoms with Gasteiger partial charge in [0.25, 0.3) is 5.56 Å². The monoisotopic (exact) mass is 454 g/mol. The smallest absolute Gasteiger partial charge is 0.332 e. The maximum Gasteiger partial charge on any atom is 0.332 e. The predicted molar refractivity (Wildman–Crippen MR) is 118 cm³/mol. The van der Waals surface area contributed by atoms with Gasteiger partial charge in [0.05, 0.1) is 6.54 Å². The summed E-state index contributed by atoms with van der Waals surface area (Å²) in [5.41, 5.74) is 0.378. The Morgan fingerprint density at radius 1 is 1.06 bits per heavy atom. The van der Waals surface area contributed by atoms with Gasteiger partial charge in [0, 0.05) is 25.2 Å². The number of ether oxygens (including phenoxy) is 3. The summed E-state index contributed by atoms with van der Waals surface area (Å²) >= 11 is 6.23. The fourth-order valence-electron chi connectivity index (χ4n) is 3.67. The fourth-order valence-corrected chi connectivity index (χ4v) is 3.86. The van der Waals surface area contributed by atoms with E-state index in [2.05, 4.69) is 4.98 Å². The SMILES string of the molecule is Cn1c(COc2ccc3c(c2)OCO3)nc2c1c(=O)n(Cc1ccccc1Cl)c(=O)n2C. The molecule has 0 radical (unpaired) electrons. The molecule has 2 aromatic heterocycles. The van der Waals surface area contributed by atoms with Gasteiger partial charge in [-0.15, -0.1) is 0 Å². The number of aromatic nitrogens is 4. The van der Waals surface area contributed by atoms with E-state index in [1.807, 2.05) is 6.07 Å². The van der Waals surface area contributed by atoms with Crippen molar-refractivity contribution in [2.75, 3.05) is 6.79 Å². The van der Waals surface area contributed by atoms with Crippen LogP contribution in [0.25, 0.3) is 11.2 Å². The molecule has 2 aromatic carbocycles. The minimum absolute atomic E-state index is 0.0648. The number of nitrogens with zero attached hydrogens (tertiary/aromatic N) is 4. The number of hydrogen-bond donors (Lipinski definition) is 0. The number of imidazole rings is 1. The van der Waals surface area contributed by atoms with E-state index in [-0.39, 0.29) is 19.9 Å². The van der Waals surface area contributed by atoms with Crippen molar-refractivity contribution in [1.29, 1.82) is 0 Å². The van der Waals surface area contributed by atoms with Crippen LogP contribution in [-0.4, -0.2) is 25.5 Å². The molecule has 0 saturated carbocycles. The second-order valence-corrected chi connectivity index (χ2v) is 7.79. The Kier molecular flexibility index (Phi) is 4.90. The maximum atomic E-state index is 13.2. The molecule has 3 heterocycles. The van der Waals surface area contributed by atoms with Crippen molar-refractivity contribution in [2.45, 2.75) is 13.2 Å². The normalized spacial score (nSPS) is 12.5. The Morgan fingerprint density at radius 2 is 1.84 bits per heavy atom. The first-order valence-corrected chi connectivity index (χ1v) is 10.2. The number of fused-ring (bicyclic) bond motifs is 2. The van der Waals surface area contributed by atoms with Crippen molar-refractivity contribution in [1.82, 2.24) is 18.7 Å². The van der Waals surface area contributed by atoms with Crippen LogP contribution in [0.15, 0.2) is 52.1 Å². The van der Waals surface area contributed by atoms with E-state index in [9.17, 15) is 9.59 Å². The fraction of sp³-hybridized carbons (Fsp3) is 0.227. The lowest BCUT2D eigenvalue weighted by Crippen LogP contribution is -2.39. The molecule has 0 bridgehead atoms. The van der Waals surface area contributed by atoms with Crippen molar-refractivity contribution in [3.63, 3.8) is 0 Å². The third-order valence-electron chi connectivity index (χ3n) is 5.45. The number of aryl methyl sites for hydroxylation is 2. The number of hydrogen-bond acceptors (Lipinski definition) is 6. The Labute approximate surface area is 187 Å². The molecule has 0 fully saturated rings. The van der Waals surface area contributed by atoms with Gasteiger partial charge < -0.3 is 18.8 Å². The molecule has 1 aliphatic rings. The first kappa shape index (κ1) is 20.2. The van der Waals surface area contributed by atoms with Gasteiger partial charge in [0.2, 0.25) is 6.79 Å². The highest BCUT2D eigenvalue weighted by Crippen LogP contribution is 2.35. The van der Waals surface area contributed by atoms with Crippen LogP contribution in [0.3, 0.4) is 0 Å². The number of rotatable bonds is 5. The molecule has 32 heavy (non-hydrogen) atoms. The van der Waals surface area contributed by atoms with Gasteiger partial charge in [-0.25, -0.2) is 9.78 Å². The summed E-state index contributed by atoms with van der Waals surface area (Å²) in [7, 11) is 3.31. The molecule has 0 amide bonds. The summed E-state index contributed by atoms with van der Waals surface area (Å²) in [6.45, 7) is 0.344. The quantitative estimate of drug-likeness (QED) is 0.460. The van der Waals surface area contributed by atoms with Crippen molar-refractivity contribution < 1.29 is 14.2 Å². The largest absolute Gasteiger partial charge is 0.486 e. The average Bonchev–Trinajstić information content (AvgIpc) is 3.39. The number of benzene rings is 2. The van der Waals surface area contributed by atoms with E-state index in [1.165, 1.54) is 4.57 Å². The highest BCUT2D eigenvalue weighted by atomic mass is 35.5. The second-order valence-electron chi connectivity index (χ2n) is 7.39. The van der Waals surface area contributed by atoms with Crippen LogP contribution >= 0.6 is 11.6 Å². The lowest BCUT2D eigenvalue weighted by molar-refractivity contribution is 0.173. The molecule has 0 N–H and O–H groups in total. The molecule has 1 aliphatic heterocycles. The van der Waals surface area contributed by atoms with E-state index in [0.29, 0.717) is 44.8 Å². The summed E-state index contributed by atoms with van der Waals surface area (Å²) in [6, 6.07) is 12.4. The standard InChI is InChI=1S/C22H19ClN4O5/c1-25-18(11-30-14-7-8-16-17(9-14)32-12-31-16)24-20-19(25)21(28)27(22(29)26(20)2)10-13-5-3-4-6-15(13)23/h3-9H,10-12H2,1-2H3. The van der Waals surface area contributed by atoms with Crippen molar-refractivity contribution in [2.24, 2.45) is 14.1 Å². The Morgan fingerprint density at radius 3 is 2.66 bits per heavy atom. The van der Waals surface area contributed by atoms with Gasteiger partial charge in [-0.3, -0.25) is 13.9 Å². The van der Waals surface area contributed by atoms with Crippen molar-refractivity contribution in [3.05, 3.63) is 79.7 Å². The summed E-state index contributed by atoms with van der Waals surface area (Å²) in [4.78, 5) is 30.6. The zero-order valence-electron chi connectivity index (χ0n) is 17.4. The summed E-state index contributed by atoms with van der Waals surface area (Å²) < 4.78 is 20.7. The Hall–Kier alpha value is -3.72. The molecule has 10 heteroatoms. The van der Waals surface area contributed by atoms with Crippen LogP contribution in [0.2, 0.25) is 5.02 Å². The Balaban J connectivity index is 1.51. The second kappa shape index (κ2) is 7.76. The molecule has 0 atom stereocenters. The van der Waals surface area contributed by atoms with E-state index >= 15 is 0 Å². The van der Waals surface area contributed by atoms with Gasteiger partial charge in [-0.1, -0.05) is 29.8 Å². The van der Waals surface area contributed by atoms with E-state index in [0.717, 1.165) is 4.57 Å². The van der Waals surface area contributed by atoms with E-state index < -0.39 is 11.2 Å². The van der Waals surface area contributed by atoms with E-state index in [1.54, 1.807) is 55.1 Å². The van der Waals surface area contributed by atoms with Gasteiger partial charge in [0.1, 0.15) is 18.2 Å². The van der Waals surface area contributed by atoms with Gasteiger partial charge in [-0.2, -0.15) is 0 Å². The molecule has 164 valence electrons. The van der Waals surface area contributed by atoms with Crippen molar-refractivity contribution in [3.8, 4) is 17.2 Å². The minimum Gasteiger partial charge on any atom is -0.486 e. The zero-order chi connectivity index (χ0) is 22.4. The molecule has 0 saturated heterocycles. The van der Waals surface area contributed by atoms with Crippen LogP contribution in [0.4, 0.5) is 0 Å². The summed E-state index contributed by atoms with van der Waals surface area (Å²) in [6.07, 6.45) is 0. The topological polar surface area (TPSA) is 89.5 Å². The molecule has 0 unspecified atom stereocenters. The summed E-state index contributed by atoms with van der Waals surface area (Å²) in [5.74, 6) is 2.35. The molecular formula is C22H19ClN4O5. The molecule has 0 spiro atoms. The molecule has 4 aromatic rings. The molecule has 5 rings (SSSR count). The van der Waals surface area contributed by atoms with Crippen LogP contribution < -0.4 is 25.5 Å². The Bertz CT molecular complexity index is 1470. The average molecular weight is 455 g/mol. The van der Waals surface area contributed by atoms with Gasteiger partial charge >= 0.3 is 5.69 Å². The minimum atomic E-state index is -0.469. The molecule has 0 aliphatic carbocycles. The third kappa shape index (κ3) is 3.31. The van der Waals surface area contributed by atoms with Crippen LogP contribution in [0.1, 0.15) is 11.4 Å². The maximum absolute atomic E-state index is 13.2. The van der Waals surface area contributed by atoms with E-state index in [4.69, 9.17) is 25.8 Å². The molecule has 9 nitrogen and oxygen atoms in total. The zero-order valence-corrected chi connectivity index (χ0v) is 18.1. The number of halogens is 1. The summed E-state index contributed by atoms with van der Waals surface area (Å²) in [5, 5.41) is 0.490. The lowest BCUT2D eigenvalue weighted by atomic mass is 10.2. The van der Waals surface area contributed by atoms with Gasteiger partial charge in [-0.05, 0) is 23.8 Å². The van der Waals surface area contributed by atoms with Crippen molar-refractivity contribution >= 4 is 22.8 Å². The predicted octanol–water partition coefficient (Wildman–Crippen LogP) is 2.44. The molecular weight excluding hydrogens is 436 g/mol. The lowest BCUT2D eigenvalue weighted by Gasteiger charge is -2.10. The van der Waals surface area contributed by atoms with Crippen LogP contribution in [0, 0.1) is 0 Å². The van der Waals surface area contributed by atoms with Gasteiger partial charge in [0.15, 0.2) is 22.7 Å². The third-order valence-corrected chi connectivity index (χ3v) is 5.82. The van der Waals surface area contributed by atoms with Crippen LogP contribution in [0.5, 0.6) is 17.2 Å². The van der Waals surface area contributed by atoms with Crippen LogP contribution in [-0.2, 0) is 27.2 Å². The first-order chi connectivity index (χ1) is 15.4. The highest BCUT2D eigenvalue weighted by Gasteiger charge is 2.20.